The number of amides is 2. The number of thioether (sulfide) groups is 1. The van der Waals surface area contributed by atoms with Crippen LogP contribution >= 0.6 is 24.0 Å². The molecule has 1 saturated heterocycles. The van der Waals surface area contributed by atoms with Crippen LogP contribution in [0.5, 0.6) is 0 Å². The summed E-state index contributed by atoms with van der Waals surface area (Å²) in [7, 11) is 0. The highest BCUT2D eigenvalue weighted by Crippen LogP contribution is 2.38. The van der Waals surface area contributed by atoms with E-state index in [1.165, 1.54) is 11.8 Å². The van der Waals surface area contributed by atoms with Gasteiger partial charge in [-0.3, -0.25) is 14.5 Å². The second kappa shape index (κ2) is 11.0. The first-order valence-corrected chi connectivity index (χ1v) is 13.0. The second-order valence-corrected chi connectivity index (χ2v) is 10.3. The summed E-state index contributed by atoms with van der Waals surface area (Å²) >= 11 is 6.78. The van der Waals surface area contributed by atoms with Crippen molar-refractivity contribution in [1.29, 1.82) is 0 Å². The average Bonchev–Trinajstić information content (AvgIpc) is 3.20. The van der Waals surface area contributed by atoms with Crippen LogP contribution in [0, 0.1) is 6.92 Å². The van der Waals surface area contributed by atoms with E-state index >= 15 is 0 Å². The summed E-state index contributed by atoms with van der Waals surface area (Å²) in [6.07, 6.45) is 1.74. The van der Waals surface area contributed by atoms with Gasteiger partial charge in [0.05, 0.1) is 16.2 Å². The number of anilines is 2. The molecule has 8 heteroatoms. The first kappa shape index (κ1) is 25.4. The van der Waals surface area contributed by atoms with Gasteiger partial charge in [-0.1, -0.05) is 90.2 Å². The van der Waals surface area contributed by atoms with Gasteiger partial charge in [0.2, 0.25) is 0 Å². The van der Waals surface area contributed by atoms with Gasteiger partial charge in [-0.25, -0.2) is 4.79 Å². The Morgan fingerprint density at radius 2 is 1.66 bits per heavy atom. The third kappa shape index (κ3) is 5.51. The SMILES string of the molecule is Cc1ccc(NC(=O)COC(=O)c2ccc(/C=C3/SC(=S)N(c4cccc5ccccc45)C3=O)cc2)cc1. The van der Waals surface area contributed by atoms with Crippen molar-refractivity contribution < 1.29 is 19.1 Å². The van der Waals surface area contributed by atoms with Crippen LogP contribution in [0.25, 0.3) is 16.8 Å². The molecule has 1 heterocycles. The minimum Gasteiger partial charge on any atom is -0.452 e. The molecule has 0 radical (unpaired) electrons. The largest absolute Gasteiger partial charge is 0.452 e. The highest BCUT2D eigenvalue weighted by molar-refractivity contribution is 8.27. The smallest absolute Gasteiger partial charge is 0.338 e. The lowest BCUT2D eigenvalue weighted by molar-refractivity contribution is -0.119. The standard InChI is InChI=1S/C30H22N2O4S2/c1-19-9-15-23(16-10-19)31-27(33)18-36-29(35)22-13-11-20(12-14-22)17-26-28(34)32(30(37)38-26)25-8-4-6-21-5-2-3-7-24(21)25/h2-17H,18H2,1H3,(H,31,33)/b26-17+. The van der Waals surface area contributed by atoms with Crippen molar-refractivity contribution in [3.63, 3.8) is 0 Å². The number of fused-ring (bicyclic) bond motifs is 1. The highest BCUT2D eigenvalue weighted by Gasteiger charge is 2.34. The normalized spacial score (nSPS) is 14.2. The fourth-order valence-electron chi connectivity index (χ4n) is 3.99. The molecule has 6 nitrogen and oxygen atoms in total. The number of hydrogen-bond donors (Lipinski definition) is 1. The number of ether oxygens (including phenoxy) is 1. The number of aryl methyl sites for hydroxylation is 1. The summed E-state index contributed by atoms with van der Waals surface area (Å²) in [5.74, 6) is -1.23. The quantitative estimate of drug-likeness (QED) is 0.175. The highest BCUT2D eigenvalue weighted by atomic mass is 32.2. The van der Waals surface area contributed by atoms with E-state index in [0.717, 1.165) is 27.6 Å². The lowest BCUT2D eigenvalue weighted by atomic mass is 10.1. The summed E-state index contributed by atoms with van der Waals surface area (Å²) in [6.45, 7) is 1.56. The van der Waals surface area contributed by atoms with Gasteiger partial charge in [0.25, 0.3) is 11.8 Å². The number of nitrogens with zero attached hydrogens (tertiary/aromatic N) is 1. The summed E-state index contributed by atoms with van der Waals surface area (Å²) in [5.41, 5.74) is 3.49. The lowest BCUT2D eigenvalue weighted by Crippen LogP contribution is -2.27. The van der Waals surface area contributed by atoms with Crippen molar-refractivity contribution in [2.75, 3.05) is 16.8 Å². The lowest BCUT2D eigenvalue weighted by Gasteiger charge is -2.17. The van der Waals surface area contributed by atoms with Gasteiger partial charge in [0, 0.05) is 11.1 Å². The summed E-state index contributed by atoms with van der Waals surface area (Å²) < 4.78 is 5.60. The fraction of sp³-hybridized carbons (Fsp3) is 0.0667. The number of nitrogens with one attached hydrogen (secondary N) is 1. The monoisotopic (exact) mass is 538 g/mol. The van der Waals surface area contributed by atoms with Crippen LogP contribution in [0.3, 0.4) is 0 Å². The van der Waals surface area contributed by atoms with Crippen molar-refractivity contribution in [1.82, 2.24) is 0 Å². The van der Waals surface area contributed by atoms with Gasteiger partial charge in [-0.05, 0) is 54.3 Å². The Bertz CT molecular complexity index is 1590. The predicted octanol–water partition coefficient (Wildman–Crippen LogP) is 6.35. The Kier molecular flexibility index (Phi) is 7.35. The van der Waals surface area contributed by atoms with Gasteiger partial charge in [0.1, 0.15) is 0 Å². The molecule has 0 unspecified atom stereocenters. The molecular weight excluding hydrogens is 516 g/mol. The van der Waals surface area contributed by atoms with Crippen LogP contribution in [0.15, 0.2) is 95.9 Å². The Morgan fingerprint density at radius 1 is 0.947 bits per heavy atom. The van der Waals surface area contributed by atoms with E-state index in [1.54, 1.807) is 47.4 Å². The molecule has 0 bridgehead atoms. The maximum Gasteiger partial charge on any atom is 0.338 e. The molecular formula is C30H22N2O4S2. The van der Waals surface area contributed by atoms with Crippen molar-refractivity contribution >= 4 is 74.3 Å². The Balaban J connectivity index is 1.23. The van der Waals surface area contributed by atoms with E-state index in [1.807, 2.05) is 61.5 Å². The molecule has 0 aromatic heterocycles. The molecule has 0 saturated carbocycles. The van der Waals surface area contributed by atoms with Gasteiger partial charge < -0.3 is 10.1 Å². The molecule has 188 valence electrons. The molecule has 4 aromatic carbocycles. The van der Waals surface area contributed by atoms with E-state index in [9.17, 15) is 14.4 Å². The van der Waals surface area contributed by atoms with Gasteiger partial charge in [0.15, 0.2) is 10.9 Å². The average molecular weight is 539 g/mol. The predicted molar refractivity (Wildman–Crippen MR) is 156 cm³/mol. The third-order valence-electron chi connectivity index (χ3n) is 5.92. The molecule has 4 aromatic rings. The summed E-state index contributed by atoms with van der Waals surface area (Å²) in [6, 6.07) is 27.6. The third-order valence-corrected chi connectivity index (χ3v) is 7.22. The number of esters is 1. The first-order chi connectivity index (χ1) is 18.4. The van der Waals surface area contributed by atoms with Crippen LogP contribution in [0.2, 0.25) is 0 Å². The fourth-order valence-corrected chi connectivity index (χ4v) is 5.28. The number of carbonyl (C=O) groups excluding carboxylic acids is 3. The number of carbonyl (C=O) groups is 3. The molecule has 0 aliphatic carbocycles. The van der Waals surface area contributed by atoms with Crippen molar-refractivity contribution in [2.24, 2.45) is 0 Å². The number of hydrogen-bond acceptors (Lipinski definition) is 6. The van der Waals surface area contributed by atoms with Crippen LogP contribution < -0.4 is 10.2 Å². The van der Waals surface area contributed by atoms with E-state index in [0.29, 0.717) is 20.5 Å². The molecule has 5 rings (SSSR count). The molecule has 0 spiro atoms. The van der Waals surface area contributed by atoms with E-state index < -0.39 is 18.5 Å². The van der Waals surface area contributed by atoms with Crippen LogP contribution in [0.1, 0.15) is 21.5 Å². The zero-order chi connectivity index (χ0) is 26.6. The zero-order valence-electron chi connectivity index (χ0n) is 20.3. The van der Waals surface area contributed by atoms with Gasteiger partial charge in [-0.15, -0.1) is 0 Å². The molecule has 0 atom stereocenters. The second-order valence-electron chi connectivity index (χ2n) is 8.63. The van der Waals surface area contributed by atoms with Gasteiger partial charge in [-0.2, -0.15) is 0 Å². The molecule has 1 aliphatic rings. The number of rotatable bonds is 6. The molecule has 38 heavy (non-hydrogen) atoms. The Labute approximate surface area is 229 Å². The number of thiocarbonyl (C=S) groups is 1. The van der Waals surface area contributed by atoms with Crippen LogP contribution in [-0.4, -0.2) is 28.7 Å². The van der Waals surface area contributed by atoms with Crippen molar-refractivity contribution in [2.45, 2.75) is 6.92 Å². The minimum absolute atomic E-state index is 0.195. The molecule has 1 N–H and O–H groups in total. The maximum absolute atomic E-state index is 13.3. The minimum atomic E-state index is -0.613. The van der Waals surface area contributed by atoms with Gasteiger partial charge >= 0.3 is 5.97 Å². The Hall–Kier alpha value is -4.27. The topological polar surface area (TPSA) is 75.7 Å². The molecule has 1 fully saturated rings. The summed E-state index contributed by atoms with van der Waals surface area (Å²) in [4.78, 5) is 39.8. The number of benzene rings is 4. The van der Waals surface area contributed by atoms with E-state index in [-0.39, 0.29) is 5.91 Å². The van der Waals surface area contributed by atoms with Crippen LogP contribution in [-0.2, 0) is 14.3 Å². The van der Waals surface area contributed by atoms with E-state index in [4.69, 9.17) is 17.0 Å². The van der Waals surface area contributed by atoms with Crippen molar-refractivity contribution in [3.8, 4) is 0 Å². The summed E-state index contributed by atoms with van der Waals surface area (Å²) in [5, 5.41) is 4.66. The van der Waals surface area contributed by atoms with Crippen molar-refractivity contribution in [3.05, 3.63) is 113 Å². The van der Waals surface area contributed by atoms with Crippen LogP contribution in [0.4, 0.5) is 11.4 Å². The Morgan fingerprint density at radius 3 is 2.42 bits per heavy atom. The maximum atomic E-state index is 13.3. The first-order valence-electron chi connectivity index (χ1n) is 11.8. The molecule has 1 aliphatic heterocycles. The molecule has 2 amide bonds. The van der Waals surface area contributed by atoms with E-state index in [2.05, 4.69) is 5.32 Å². The zero-order valence-corrected chi connectivity index (χ0v) is 22.0.